The number of nitrogens with zero attached hydrogens (tertiary/aromatic N) is 3. The summed E-state index contributed by atoms with van der Waals surface area (Å²) in [4.78, 5) is 33.1. The Kier molecular flexibility index (Phi) is 5.41. The minimum atomic E-state index is -0.774. The Hall–Kier alpha value is -3.42. The molecule has 0 aliphatic carbocycles. The molecule has 2 amide bonds. The van der Waals surface area contributed by atoms with Crippen molar-refractivity contribution in [1.29, 1.82) is 0 Å². The van der Waals surface area contributed by atoms with Crippen LogP contribution in [0.25, 0.3) is 0 Å². The summed E-state index contributed by atoms with van der Waals surface area (Å²) in [6.45, 7) is 2.33. The largest absolute Gasteiger partial charge is 0.366 e. The van der Waals surface area contributed by atoms with Gasteiger partial charge in [-0.1, -0.05) is 30.3 Å². The van der Waals surface area contributed by atoms with Crippen molar-refractivity contribution in [2.45, 2.75) is 12.5 Å². The van der Waals surface area contributed by atoms with E-state index < -0.39 is 6.04 Å². The lowest BCUT2D eigenvalue weighted by Crippen LogP contribution is -2.56. The maximum Gasteiger partial charge on any atom is 0.249 e. The SMILES string of the molecule is O=C1C[C@@H](C(=O)Nc2ccccc2)N=C(N2CCN(c3ccccc3F)CC2)N1. The van der Waals surface area contributed by atoms with Gasteiger partial charge in [0.05, 0.1) is 12.1 Å². The smallest absolute Gasteiger partial charge is 0.249 e. The van der Waals surface area contributed by atoms with Gasteiger partial charge >= 0.3 is 0 Å². The Balaban J connectivity index is 1.42. The average molecular weight is 395 g/mol. The molecule has 2 aromatic rings. The predicted octanol–water partition coefficient (Wildman–Crippen LogP) is 1.83. The van der Waals surface area contributed by atoms with Crippen LogP contribution in [0.15, 0.2) is 59.6 Å². The van der Waals surface area contributed by atoms with E-state index in [1.165, 1.54) is 6.07 Å². The molecule has 1 fully saturated rings. The van der Waals surface area contributed by atoms with Crippen LogP contribution in [-0.4, -0.2) is 54.9 Å². The van der Waals surface area contributed by atoms with E-state index in [1.54, 1.807) is 24.3 Å². The maximum atomic E-state index is 14.0. The normalized spacial score (nSPS) is 19.4. The zero-order valence-corrected chi connectivity index (χ0v) is 15.8. The molecule has 8 heteroatoms. The number of nitrogens with one attached hydrogen (secondary N) is 2. The highest BCUT2D eigenvalue weighted by atomic mass is 19.1. The zero-order chi connectivity index (χ0) is 20.2. The van der Waals surface area contributed by atoms with Gasteiger partial charge in [-0.3, -0.25) is 14.9 Å². The summed E-state index contributed by atoms with van der Waals surface area (Å²) in [7, 11) is 0. The summed E-state index contributed by atoms with van der Waals surface area (Å²) >= 11 is 0. The van der Waals surface area contributed by atoms with Crippen LogP contribution in [0.1, 0.15) is 6.42 Å². The van der Waals surface area contributed by atoms with Crippen molar-refractivity contribution in [2.24, 2.45) is 4.99 Å². The number of hydrogen-bond donors (Lipinski definition) is 2. The molecule has 150 valence electrons. The highest BCUT2D eigenvalue weighted by Gasteiger charge is 2.31. The van der Waals surface area contributed by atoms with Gasteiger partial charge in [-0.05, 0) is 24.3 Å². The first kappa shape index (κ1) is 18.9. The van der Waals surface area contributed by atoms with Crippen LogP contribution in [0.3, 0.4) is 0 Å². The zero-order valence-electron chi connectivity index (χ0n) is 15.8. The van der Waals surface area contributed by atoms with Crippen molar-refractivity contribution >= 4 is 29.1 Å². The van der Waals surface area contributed by atoms with E-state index in [2.05, 4.69) is 15.6 Å². The summed E-state index contributed by atoms with van der Waals surface area (Å²) in [5.74, 6) is -0.391. The van der Waals surface area contributed by atoms with Crippen molar-refractivity contribution in [1.82, 2.24) is 10.2 Å². The van der Waals surface area contributed by atoms with E-state index in [9.17, 15) is 14.0 Å². The van der Waals surface area contributed by atoms with Crippen LogP contribution in [-0.2, 0) is 9.59 Å². The van der Waals surface area contributed by atoms with Crippen LogP contribution in [0, 0.1) is 5.82 Å². The van der Waals surface area contributed by atoms with E-state index in [1.807, 2.05) is 34.1 Å². The van der Waals surface area contributed by atoms with E-state index in [-0.39, 0.29) is 24.1 Å². The highest BCUT2D eigenvalue weighted by molar-refractivity contribution is 6.06. The third-order valence-corrected chi connectivity index (χ3v) is 5.02. The number of piperazine rings is 1. The Morgan fingerprint density at radius 1 is 1.00 bits per heavy atom. The van der Waals surface area contributed by atoms with Crippen LogP contribution in [0.5, 0.6) is 0 Å². The molecule has 7 nitrogen and oxygen atoms in total. The number of anilines is 2. The first-order valence-electron chi connectivity index (χ1n) is 9.58. The number of aliphatic imine (C=N–C) groups is 1. The fourth-order valence-corrected chi connectivity index (χ4v) is 3.50. The molecule has 2 aromatic carbocycles. The Bertz CT molecular complexity index is 926. The number of hydrogen-bond acceptors (Lipinski definition) is 5. The molecule has 2 aliphatic rings. The van der Waals surface area contributed by atoms with Gasteiger partial charge in [0, 0.05) is 31.9 Å². The van der Waals surface area contributed by atoms with Crippen LogP contribution < -0.4 is 15.5 Å². The van der Waals surface area contributed by atoms with Gasteiger partial charge in [-0.2, -0.15) is 0 Å². The second kappa shape index (κ2) is 8.30. The summed E-state index contributed by atoms with van der Waals surface area (Å²) in [5.41, 5.74) is 1.24. The molecular formula is C21H22FN5O2. The number of halogens is 1. The molecule has 1 saturated heterocycles. The van der Waals surface area contributed by atoms with Gasteiger partial charge in [0.25, 0.3) is 0 Å². The number of para-hydroxylation sites is 2. The third kappa shape index (κ3) is 4.37. The molecule has 0 spiro atoms. The molecule has 2 aliphatic heterocycles. The van der Waals surface area contributed by atoms with Gasteiger partial charge < -0.3 is 15.1 Å². The second-order valence-electron chi connectivity index (χ2n) is 7.00. The number of carbonyl (C=O) groups is 2. The number of benzene rings is 2. The van der Waals surface area contributed by atoms with Crippen molar-refractivity contribution < 1.29 is 14.0 Å². The topological polar surface area (TPSA) is 77.0 Å². The highest BCUT2D eigenvalue weighted by Crippen LogP contribution is 2.20. The summed E-state index contributed by atoms with van der Waals surface area (Å²) < 4.78 is 14.0. The molecule has 0 radical (unpaired) electrons. The predicted molar refractivity (Wildman–Crippen MR) is 109 cm³/mol. The number of amides is 2. The van der Waals surface area contributed by atoms with Gasteiger partial charge in [0.1, 0.15) is 11.9 Å². The Morgan fingerprint density at radius 3 is 2.38 bits per heavy atom. The van der Waals surface area contributed by atoms with Crippen molar-refractivity contribution in [3.05, 3.63) is 60.4 Å². The molecule has 1 atom stereocenters. The molecular weight excluding hydrogens is 373 g/mol. The van der Waals surface area contributed by atoms with Crippen LogP contribution in [0.4, 0.5) is 15.8 Å². The molecule has 0 saturated carbocycles. The lowest BCUT2D eigenvalue weighted by molar-refractivity contribution is -0.125. The molecule has 4 rings (SSSR count). The fourth-order valence-electron chi connectivity index (χ4n) is 3.50. The minimum absolute atomic E-state index is 0.0113. The van der Waals surface area contributed by atoms with E-state index in [0.29, 0.717) is 43.5 Å². The lowest BCUT2D eigenvalue weighted by Gasteiger charge is -2.38. The quantitative estimate of drug-likeness (QED) is 0.831. The Labute approximate surface area is 168 Å². The van der Waals surface area contributed by atoms with E-state index >= 15 is 0 Å². The molecule has 2 heterocycles. The van der Waals surface area contributed by atoms with E-state index in [4.69, 9.17) is 0 Å². The first-order chi connectivity index (χ1) is 14.1. The summed E-state index contributed by atoms with van der Waals surface area (Å²) in [6, 6.07) is 15.0. The molecule has 0 aromatic heterocycles. The first-order valence-corrected chi connectivity index (χ1v) is 9.58. The van der Waals surface area contributed by atoms with Crippen LogP contribution >= 0.6 is 0 Å². The second-order valence-corrected chi connectivity index (χ2v) is 7.00. The minimum Gasteiger partial charge on any atom is -0.366 e. The van der Waals surface area contributed by atoms with Gasteiger partial charge in [0.15, 0.2) is 0 Å². The monoisotopic (exact) mass is 395 g/mol. The van der Waals surface area contributed by atoms with Crippen LogP contribution in [0.2, 0.25) is 0 Å². The number of carbonyl (C=O) groups excluding carboxylic acids is 2. The Morgan fingerprint density at radius 2 is 1.66 bits per heavy atom. The molecule has 29 heavy (non-hydrogen) atoms. The van der Waals surface area contributed by atoms with Crippen molar-refractivity contribution in [2.75, 3.05) is 36.4 Å². The summed E-state index contributed by atoms with van der Waals surface area (Å²) in [5, 5.41) is 5.56. The van der Waals surface area contributed by atoms with Gasteiger partial charge in [0.2, 0.25) is 17.8 Å². The molecule has 0 bridgehead atoms. The standard InChI is InChI=1S/C21H22FN5O2/c22-16-8-4-5-9-18(16)26-10-12-27(13-11-26)21-24-17(14-19(28)25-21)20(29)23-15-6-2-1-3-7-15/h1-9,17H,10-14H2,(H,23,29)(H,24,25,28)/t17-/m0/s1. The van der Waals surface area contributed by atoms with E-state index in [0.717, 1.165) is 0 Å². The van der Waals surface area contributed by atoms with Crippen molar-refractivity contribution in [3.63, 3.8) is 0 Å². The lowest BCUT2D eigenvalue weighted by atomic mass is 10.1. The van der Waals surface area contributed by atoms with Crippen molar-refractivity contribution in [3.8, 4) is 0 Å². The fraction of sp³-hybridized carbons (Fsp3) is 0.286. The maximum absolute atomic E-state index is 14.0. The third-order valence-electron chi connectivity index (χ3n) is 5.02. The molecule has 0 unspecified atom stereocenters. The number of guanidine groups is 1. The summed E-state index contributed by atoms with van der Waals surface area (Å²) in [6.07, 6.45) is 0.0113. The van der Waals surface area contributed by atoms with Gasteiger partial charge in [-0.15, -0.1) is 0 Å². The average Bonchev–Trinajstić information content (AvgIpc) is 2.74. The van der Waals surface area contributed by atoms with Gasteiger partial charge in [-0.25, -0.2) is 9.38 Å². The molecule has 2 N–H and O–H groups in total. The number of rotatable bonds is 3.